The molecule has 9 aromatic carbocycles. The molecule has 0 unspecified atom stereocenters. The molecule has 0 atom stereocenters. The van der Waals surface area contributed by atoms with E-state index in [9.17, 15) is 23.7 Å². The van der Waals surface area contributed by atoms with Gasteiger partial charge in [-0.3, -0.25) is 0 Å². The molecule has 0 N–H and O–H groups in total. The number of aryl methyl sites for hydroxylation is 4. The monoisotopic (exact) mass is 886 g/mol. The van der Waals surface area contributed by atoms with Crippen LogP contribution in [0.25, 0.3) is 99.5 Å². The summed E-state index contributed by atoms with van der Waals surface area (Å²) in [5.74, 6) is 0. The van der Waals surface area contributed by atoms with Crippen LogP contribution in [0.2, 0.25) is 0 Å². The first-order chi connectivity index (χ1) is 32.9. The van der Waals surface area contributed by atoms with Crippen LogP contribution in [0, 0.1) is 50.4 Å². The van der Waals surface area contributed by atoms with E-state index in [1.165, 1.54) is 28.3 Å². The normalized spacial score (nSPS) is 11.7. The van der Waals surface area contributed by atoms with E-state index in [1.807, 2.05) is 66.7 Å². The highest BCUT2D eigenvalue weighted by molar-refractivity contribution is 6.13. The van der Waals surface area contributed by atoms with Crippen molar-refractivity contribution in [3.63, 3.8) is 0 Å². The van der Waals surface area contributed by atoms with Crippen LogP contribution >= 0.6 is 0 Å². The van der Waals surface area contributed by atoms with Crippen molar-refractivity contribution in [2.24, 2.45) is 0 Å². The number of hydrogen-bond acceptors (Lipinski definition) is 2. The molecule has 4 nitrogen and oxygen atoms in total. The minimum atomic E-state index is -4.62. The van der Waals surface area contributed by atoms with Crippen LogP contribution < -0.4 is 0 Å². The Morgan fingerprint density at radius 2 is 0.853 bits per heavy atom. The van der Waals surface area contributed by atoms with Gasteiger partial charge >= 0.3 is 6.18 Å². The van der Waals surface area contributed by atoms with E-state index in [-0.39, 0.29) is 5.56 Å². The summed E-state index contributed by atoms with van der Waals surface area (Å²) in [4.78, 5) is 0. The van der Waals surface area contributed by atoms with Gasteiger partial charge in [-0.05, 0) is 140 Å². The summed E-state index contributed by atoms with van der Waals surface area (Å²) < 4.78 is 46.5. The molecule has 0 bridgehead atoms. The lowest BCUT2D eigenvalue weighted by molar-refractivity contribution is -0.137. The highest BCUT2D eigenvalue weighted by atomic mass is 19.4. The second-order valence-corrected chi connectivity index (χ2v) is 17.9. The Balaban J connectivity index is 1.22. The van der Waals surface area contributed by atoms with E-state index in [0.29, 0.717) is 16.7 Å². The SMILES string of the molecule is Cc1cc(C)cc(-c2ccc3c(c2)c2ccccc2n3-c2ccc(C#N)cc2-c2cc(-c3ccc(C(F)(F)F)cc3C#N)ccc2-n2c3ccccc3c3cc(-c4cc(C)cc(C)c4)ccc32)c1. The van der Waals surface area contributed by atoms with Crippen LogP contribution in [0.15, 0.2) is 176 Å². The van der Waals surface area contributed by atoms with Crippen molar-refractivity contribution < 1.29 is 13.2 Å². The summed E-state index contributed by atoms with van der Waals surface area (Å²) in [6, 6.07) is 62.1. The van der Waals surface area contributed by atoms with Gasteiger partial charge in [-0.1, -0.05) is 119 Å². The quantitative estimate of drug-likeness (QED) is 0.167. The fourth-order valence-electron chi connectivity index (χ4n) is 10.3. The number of fused-ring (bicyclic) bond motifs is 6. The molecule has 11 rings (SSSR count). The van der Waals surface area contributed by atoms with Gasteiger partial charge < -0.3 is 9.13 Å². The van der Waals surface area contributed by atoms with Crippen molar-refractivity contribution in [2.45, 2.75) is 33.9 Å². The molecule has 0 aliphatic heterocycles. The van der Waals surface area contributed by atoms with E-state index in [0.717, 1.165) is 100 Å². The Morgan fingerprint density at radius 3 is 1.35 bits per heavy atom. The first-order valence-corrected chi connectivity index (χ1v) is 22.4. The van der Waals surface area contributed by atoms with E-state index in [1.54, 1.807) is 0 Å². The molecule has 2 heterocycles. The molecule has 0 aliphatic carbocycles. The number of alkyl halides is 3. The Labute approximate surface area is 391 Å². The zero-order valence-electron chi connectivity index (χ0n) is 37.7. The van der Waals surface area contributed by atoms with Crippen molar-refractivity contribution in [1.82, 2.24) is 9.13 Å². The van der Waals surface area contributed by atoms with Gasteiger partial charge in [-0.25, -0.2) is 0 Å². The standard InChI is InChI=1S/C61H41F3N4/c1-36-23-37(2)26-44(25-36)41-14-20-58-52(31-41)49-9-5-7-11-55(49)67(58)57-19-13-40(34-65)29-51(57)54-33-43(48-18-17-47(61(62,63)64)30-46(48)35-66)16-22-60(54)68-56-12-8-6-10-50(56)53-32-42(15-21-59(53)68)45-27-38(3)24-39(4)28-45/h5-33H,1-4H3. The first kappa shape index (κ1) is 42.0. The van der Waals surface area contributed by atoms with E-state index >= 15 is 0 Å². The van der Waals surface area contributed by atoms with Gasteiger partial charge in [0, 0.05) is 32.7 Å². The van der Waals surface area contributed by atoms with Crippen LogP contribution in [-0.4, -0.2) is 9.13 Å². The fraction of sp³-hybridized carbons (Fsp3) is 0.0820. The first-order valence-electron chi connectivity index (χ1n) is 22.4. The summed E-state index contributed by atoms with van der Waals surface area (Å²) in [5, 5.41) is 25.1. The van der Waals surface area contributed by atoms with Crippen molar-refractivity contribution >= 4 is 43.6 Å². The number of para-hydroxylation sites is 2. The highest BCUT2D eigenvalue weighted by Gasteiger charge is 2.31. The van der Waals surface area contributed by atoms with E-state index in [4.69, 9.17) is 0 Å². The Bertz CT molecular complexity index is 3940. The molecule has 2 aromatic heterocycles. The smallest absolute Gasteiger partial charge is 0.309 e. The lowest BCUT2D eigenvalue weighted by Crippen LogP contribution is -2.05. The minimum absolute atomic E-state index is 0.0951. The van der Waals surface area contributed by atoms with Crippen LogP contribution in [0.5, 0.6) is 0 Å². The average molecular weight is 887 g/mol. The summed E-state index contributed by atoms with van der Waals surface area (Å²) in [6.07, 6.45) is -4.62. The average Bonchev–Trinajstić information content (AvgIpc) is 3.84. The van der Waals surface area contributed by atoms with Gasteiger partial charge in [0.15, 0.2) is 0 Å². The topological polar surface area (TPSA) is 57.4 Å². The molecule has 0 radical (unpaired) electrons. The zero-order chi connectivity index (χ0) is 47.0. The number of halogens is 3. The van der Waals surface area contributed by atoms with Crippen LogP contribution in [0.4, 0.5) is 13.2 Å². The Morgan fingerprint density at radius 1 is 0.382 bits per heavy atom. The molecule has 0 saturated heterocycles. The van der Waals surface area contributed by atoms with Crippen LogP contribution in [-0.2, 0) is 6.18 Å². The summed E-state index contributed by atoms with van der Waals surface area (Å²) in [7, 11) is 0. The Hall–Kier alpha value is -8.65. The minimum Gasteiger partial charge on any atom is -0.309 e. The van der Waals surface area contributed by atoms with Gasteiger partial charge in [0.05, 0.1) is 62.3 Å². The maximum atomic E-state index is 14.0. The second kappa shape index (κ2) is 16.0. The van der Waals surface area contributed by atoms with Crippen molar-refractivity contribution in [1.29, 1.82) is 10.5 Å². The largest absolute Gasteiger partial charge is 0.416 e. The number of aromatic nitrogens is 2. The third-order valence-electron chi connectivity index (χ3n) is 13.1. The summed E-state index contributed by atoms with van der Waals surface area (Å²) >= 11 is 0. The highest BCUT2D eigenvalue weighted by Crippen LogP contribution is 2.44. The summed E-state index contributed by atoms with van der Waals surface area (Å²) in [6.45, 7) is 8.43. The van der Waals surface area contributed by atoms with Gasteiger partial charge in [-0.2, -0.15) is 23.7 Å². The predicted molar refractivity (Wildman–Crippen MR) is 270 cm³/mol. The number of nitriles is 2. The molecule has 11 aromatic rings. The molecule has 68 heavy (non-hydrogen) atoms. The molecular formula is C61H41F3N4. The zero-order valence-corrected chi connectivity index (χ0v) is 37.7. The third kappa shape index (κ3) is 7.08. The maximum Gasteiger partial charge on any atom is 0.416 e. The lowest BCUT2D eigenvalue weighted by atomic mass is 9.92. The molecule has 7 heteroatoms. The third-order valence-corrected chi connectivity index (χ3v) is 13.1. The van der Waals surface area contributed by atoms with Gasteiger partial charge in [0.2, 0.25) is 0 Å². The molecular weight excluding hydrogens is 846 g/mol. The molecule has 0 saturated carbocycles. The summed E-state index contributed by atoms with van der Waals surface area (Å²) in [5.41, 5.74) is 16.4. The number of benzene rings is 9. The Kier molecular flexibility index (Phi) is 9.92. The molecule has 0 amide bonds. The van der Waals surface area contributed by atoms with Crippen molar-refractivity contribution in [2.75, 3.05) is 0 Å². The fourth-order valence-corrected chi connectivity index (χ4v) is 10.3. The van der Waals surface area contributed by atoms with E-state index < -0.39 is 11.7 Å². The number of hydrogen-bond donors (Lipinski definition) is 0. The molecule has 326 valence electrons. The van der Waals surface area contributed by atoms with Crippen molar-refractivity contribution in [3.05, 3.63) is 215 Å². The lowest BCUT2D eigenvalue weighted by Gasteiger charge is -2.20. The van der Waals surface area contributed by atoms with Crippen molar-refractivity contribution in [3.8, 4) is 68.0 Å². The molecule has 0 aliphatic rings. The maximum absolute atomic E-state index is 14.0. The molecule has 0 fully saturated rings. The number of nitrogens with zero attached hydrogens (tertiary/aromatic N) is 4. The predicted octanol–water partition coefficient (Wildman–Crippen LogP) is 16.5. The van der Waals surface area contributed by atoms with Crippen LogP contribution in [0.3, 0.4) is 0 Å². The van der Waals surface area contributed by atoms with Crippen LogP contribution in [0.1, 0.15) is 38.9 Å². The number of rotatable bonds is 6. The van der Waals surface area contributed by atoms with Gasteiger partial charge in [0.25, 0.3) is 0 Å². The molecule has 0 spiro atoms. The van der Waals surface area contributed by atoms with E-state index in [2.05, 4.69) is 140 Å². The second-order valence-electron chi connectivity index (χ2n) is 17.9. The van der Waals surface area contributed by atoms with Gasteiger partial charge in [-0.15, -0.1) is 0 Å². The van der Waals surface area contributed by atoms with Gasteiger partial charge in [0.1, 0.15) is 0 Å².